The molecule has 1 aliphatic rings. The second-order valence-corrected chi connectivity index (χ2v) is 4.26. The third-order valence-electron chi connectivity index (χ3n) is 3.04. The number of rotatable bonds is 1. The summed E-state index contributed by atoms with van der Waals surface area (Å²) in [5.74, 6) is 0.974. The summed E-state index contributed by atoms with van der Waals surface area (Å²) in [6, 6.07) is 4.11. The minimum Gasteiger partial charge on any atom is -0.378 e. The molecule has 1 aliphatic heterocycles. The summed E-state index contributed by atoms with van der Waals surface area (Å²) in [6.07, 6.45) is 1.56. The lowest BCUT2D eigenvalue weighted by Crippen LogP contribution is -2.37. The van der Waals surface area contributed by atoms with Crippen LogP contribution in [0.25, 0.3) is 5.65 Å². The summed E-state index contributed by atoms with van der Waals surface area (Å²) in [6.45, 7) is 5.03. The van der Waals surface area contributed by atoms with Crippen LogP contribution in [0.4, 0.5) is 5.82 Å². The molecule has 18 heavy (non-hydrogen) atoms. The Hall–Kier alpha value is -2.13. The summed E-state index contributed by atoms with van der Waals surface area (Å²) in [5, 5.41) is 13.3. The van der Waals surface area contributed by atoms with Crippen LogP contribution < -0.4 is 4.90 Å². The summed E-state index contributed by atoms with van der Waals surface area (Å²) < 4.78 is 7.08. The second kappa shape index (κ2) is 4.27. The van der Waals surface area contributed by atoms with E-state index in [1.807, 2.05) is 13.0 Å². The zero-order valence-electron chi connectivity index (χ0n) is 10.1. The van der Waals surface area contributed by atoms with Crippen LogP contribution in [0.1, 0.15) is 11.3 Å². The van der Waals surface area contributed by atoms with E-state index in [9.17, 15) is 0 Å². The minimum absolute atomic E-state index is 0.508. The van der Waals surface area contributed by atoms with Gasteiger partial charge in [0.25, 0.3) is 0 Å². The molecule has 92 valence electrons. The van der Waals surface area contributed by atoms with Crippen LogP contribution in [0.3, 0.4) is 0 Å². The first kappa shape index (κ1) is 11.0. The summed E-state index contributed by atoms with van der Waals surface area (Å²) >= 11 is 0. The number of anilines is 1. The third-order valence-corrected chi connectivity index (χ3v) is 3.04. The van der Waals surface area contributed by atoms with Gasteiger partial charge in [0.2, 0.25) is 0 Å². The molecule has 0 saturated carbocycles. The predicted octanol–water partition coefficient (Wildman–Crippen LogP) is 0.746. The molecule has 1 fully saturated rings. The molecule has 2 aromatic rings. The van der Waals surface area contributed by atoms with Gasteiger partial charge in [-0.25, -0.2) is 4.98 Å². The number of morpholine rings is 1. The van der Waals surface area contributed by atoms with E-state index < -0.39 is 0 Å². The zero-order valence-corrected chi connectivity index (χ0v) is 10.1. The smallest absolute Gasteiger partial charge is 0.175 e. The van der Waals surface area contributed by atoms with Crippen molar-refractivity contribution in [1.29, 1.82) is 5.26 Å². The van der Waals surface area contributed by atoms with Crippen molar-refractivity contribution < 1.29 is 4.74 Å². The minimum atomic E-state index is 0.508. The van der Waals surface area contributed by atoms with Crippen molar-refractivity contribution in [3.63, 3.8) is 0 Å². The number of fused-ring (bicyclic) bond motifs is 1. The highest BCUT2D eigenvalue weighted by atomic mass is 16.5. The van der Waals surface area contributed by atoms with Crippen LogP contribution in [-0.2, 0) is 4.74 Å². The Labute approximate surface area is 104 Å². The van der Waals surface area contributed by atoms with Crippen LogP contribution in [0.15, 0.2) is 12.3 Å². The standard InChI is InChI=1S/C12H13N5O/c1-9-6-11(16-2-4-18-5-3-16)17-12(15-9)10(7-13)8-14-17/h6,8H,2-5H2,1H3. The molecule has 6 heteroatoms. The van der Waals surface area contributed by atoms with Gasteiger partial charge in [0.05, 0.1) is 19.4 Å². The van der Waals surface area contributed by atoms with Crippen LogP contribution in [0.2, 0.25) is 0 Å². The normalized spacial score (nSPS) is 15.9. The monoisotopic (exact) mass is 243 g/mol. The molecule has 0 bridgehead atoms. The Balaban J connectivity index is 2.16. The van der Waals surface area contributed by atoms with Gasteiger partial charge in [0.1, 0.15) is 17.5 Å². The van der Waals surface area contributed by atoms with E-state index in [0.717, 1.165) is 37.8 Å². The predicted molar refractivity (Wildman–Crippen MR) is 65.5 cm³/mol. The molecule has 0 radical (unpaired) electrons. The van der Waals surface area contributed by atoms with Crippen LogP contribution in [0.5, 0.6) is 0 Å². The van der Waals surface area contributed by atoms with Gasteiger partial charge in [0, 0.05) is 24.8 Å². The fourth-order valence-corrected chi connectivity index (χ4v) is 2.16. The Kier molecular flexibility index (Phi) is 2.61. The fraction of sp³-hybridized carbons (Fsp3) is 0.417. The summed E-state index contributed by atoms with van der Waals surface area (Å²) in [5.41, 5.74) is 2.02. The van der Waals surface area contributed by atoms with E-state index in [0.29, 0.717) is 11.2 Å². The average Bonchev–Trinajstić information content (AvgIpc) is 2.81. The number of nitrogens with zero attached hydrogens (tertiary/aromatic N) is 5. The molecule has 0 atom stereocenters. The van der Waals surface area contributed by atoms with Crippen LogP contribution in [-0.4, -0.2) is 40.9 Å². The number of aromatic nitrogens is 3. The van der Waals surface area contributed by atoms with Crippen molar-refractivity contribution >= 4 is 11.5 Å². The van der Waals surface area contributed by atoms with E-state index in [4.69, 9.17) is 10.00 Å². The molecule has 0 spiro atoms. The van der Waals surface area contributed by atoms with E-state index in [-0.39, 0.29) is 0 Å². The summed E-state index contributed by atoms with van der Waals surface area (Å²) in [7, 11) is 0. The van der Waals surface area contributed by atoms with E-state index >= 15 is 0 Å². The van der Waals surface area contributed by atoms with Gasteiger partial charge < -0.3 is 9.64 Å². The SMILES string of the molecule is Cc1cc(N2CCOCC2)n2ncc(C#N)c2n1. The first-order valence-electron chi connectivity index (χ1n) is 5.88. The lowest BCUT2D eigenvalue weighted by atomic mass is 10.3. The fourth-order valence-electron chi connectivity index (χ4n) is 2.16. The Morgan fingerprint density at radius 3 is 2.89 bits per heavy atom. The maximum Gasteiger partial charge on any atom is 0.175 e. The molecule has 0 amide bonds. The zero-order chi connectivity index (χ0) is 12.5. The van der Waals surface area contributed by atoms with E-state index in [1.165, 1.54) is 0 Å². The maximum absolute atomic E-state index is 9.04. The lowest BCUT2D eigenvalue weighted by molar-refractivity contribution is 0.122. The van der Waals surface area contributed by atoms with Crippen molar-refractivity contribution in [2.75, 3.05) is 31.2 Å². The molecule has 3 rings (SSSR count). The molecule has 2 aromatic heterocycles. The molecular weight excluding hydrogens is 230 g/mol. The first-order valence-corrected chi connectivity index (χ1v) is 5.88. The topological polar surface area (TPSA) is 66.5 Å². The van der Waals surface area contributed by atoms with E-state index in [2.05, 4.69) is 21.1 Å². The Morgan fingerprint density at radius 2 is 2.17 bits per heavy atom. The van der Waals surface area contributed by atoms with Gasteiger partial charge in [-0.15, -0.1) is 0 Å². The number of ether oxygens (including phenoxy) is 1. The Morgan fingerprint density at radius 1 is 1.39 bits per heavy atom. The molecule has 0 aliphatic carbocycles. The number of aryl methyl sites for hydroxylation is 1. The summed E-state index contributed by atoms with van der Waals surface area (Å²) in [4.78, 5) is 6.59. The lowest BCUT2D eigenvalue weighted by Gasteiger charge is -2.28. The van der Waals surface area contributed by atoms with Crippen molar-refractivity contribution in [1.82, 2.24) is 14.6 Å². The van der Waals surface area contributed by atoms with Gasteiger partial charge >= 0.3 is 0 Å². The quantitative estimate of drug-likeness (QED) is 0.739. The van der Waals surface area contributed by atoms with Crippen molar-refractivity contribution in [3.05, 3.63) is 23.5 Å². The largest absolute Gasteiger partial charge is 0.378 e. The highest BCUT2D eigenvalue weighted by Crippen LogP contribution is 2.20. The molecular formula is C12H13N5O. The average molecular weight is 243 g/mol. The highest BCUT2D eigenvalue weighted by Gasteiger charge is 2.17. The molecule has 6 nitrogen and oxygen atoms in total. The van der Waals surface area contributed by atoms with E-state index in [1.54, 1.807) is 10.7 Å². The van der Waals surface area contributed by atoms with Crippen LogP contribution >= 0.6 is 0 Å². The van der Waals surface area contributed by atoms with Gasteiger partial charge in [0.15, 0.2) is 5.65 Å². The van der Waals surface area contributed by atoms with Gasteiger partial charge in [-0.2, -0.15) is 14.9 Å². The van der Waals surface area contributed by atoms with Crippen molar-refractivity contribution in [3.8, 4) is 6.07 Å². The molecule has 0 aromatic carbocycles. The highest BCUT2D eigenvalue weighted by molar-refractivity contribution is 5.59. The molecule has 0 unspecified atom stereocenters. The molecule has 3 heterocycles. The second-order valence-electron chi connectivity index (χ2n) is 4.26. The van der Waals surface area contributed by atoms with Gasteiger partial charge in [-0.3, -0.25) is 0 Å². The Bertz CT molecular complexity index is 621. The maximum atomic E-state index is 9.04. The molecule has 0 N–H and O–H groups in total. The van der Waals surface area contributed by atoms with Crippen molar-refractivity contribution in [2.45, 2.75) is 6.92 Å². The molecule has 1 saturated heterocycles. The number of hydrogen-bond acceptors (Lipinski definition) is 5. The van der Waals surface area contributed by atoms with Gasteiger partial charge in [-0.1, -0.05) is 0 Å². The number of nitriles is 1. The number of hydrogen-bond donors (Lipinski definition) is 0. The first-order chi connectivity index (χ1) is 8.79. The van der Waals surface area contributed by atoms with Crippen LogP contribution in [0, 0.1) is 18.3 Å². The van der Waals surface area contributed by atoms with Crippen molar-refractivity contribution in [2.24, 2.45) is 0 Å². The third kappa shape index (κ3) is 1.69. The van der Waals surface area contributed by atoms with Gasteiger partial charge in [-0.05, 0) is 6.92 Å².